The second kappa shape index (κ2) is 12.8. The number of hydrogen-bond acceptors (Lipinski definition) is 1. The lowest BCUT2D eigenvalue weighted by Gasteiger charge is -2.30. The minimum Gasteiger partial charge on any atom is -0.378 e. The molecule has 0 unspecified atom stereocenters. The molecule has 2 saturated carbocycles. The zero-order chi connectivity index (χ0) is 20.3. The van der Waals surface area contributed by atoms with Crippen LogP contribution in [0.5, 0.6) is 0 Å². The van der Waals surface area contributed by atoms with Crippen molar-refractivity contribution in [3.8, 4) is 0 Å². The first kappa shape index (κ1) is 22.9. The minimum atomic E-state index is 0.524. The molecule has 0 bridgehead atoms. The second-order valence-corrected chi connectivity index (χ2v) is 9.98. The van der Waals surface area contributed by atoms with Gasteiger partial charge in [-0.25, -0.2) is 0 Å². The molecule has 1 nitrogen and oxygen atoms in total. The Hall–Kier alpha value is -0.820. The first-order chi connectivity index (χ1) is 14.3. The van der Waals surface area contributed by atoms with Crippen molar-refractivity contribution in [3.63, 3.8) is 0 Å². The Morgan fingerprint density at radius 1 is 0.759 bits per heavy atom. The van der Waals surface area contributed by atoms with Crippen molar-refractivity contribution in [2.75, 3.05) is 6.61 Å². The van der Waals surface area contributed by atoms with Gasteiger partial charge in [0, 0.05) is 6.61 Å². The van der Waals surface area contributed by atoms with Crippen molar-refractivity contribution in [3.05, 3.63) is 35.4 Å². The number of benzene rings is 1. The molecule has 0 radical (unpaired) electrons. The number of rotatable bonds is 11. The summed E-state index contributed by atoms with van der Waals surface area (Å²) in [5, 5.41) is 0. The maximum absolute atomic E-state index is 6.27. The molecule has 0 saturated heterocycles. The van der Waals surface area contributed by atoms with Crippen LogP contribution < -0.4 is 0 Å². The first-order valence-corrected chi connectivity index (χ1v) is 13.0. The number of hydrogen-bond donors (Lipinski definition) is 0. The summed E-state index contributed by atoms with van der Waals surface area (Å²) in [4.78, 5) is 0. The molecule has 0 N–H and O–H groups in total. The normalized spacial score (nSPS) is 27.8. The van der Waals surface area contributed by atoms with Crippen molar-refractivity contribution in [1.29, 1.82) is 0 Å². The molecule has 0 heterocycles. The average molecular weight is 399 g/mol. The van der Waals surface area contributed by atoms with Crippen LogP contribution in [0.25, 0.3) is 0 Å². The van der Waals surface area contributed by atoms with Crippen LogP contribution in [-0.4, -0.2) is 12.7 Å². The first-order valence-electron chi connectivity index (χ1n) is 13.0. The van der Waals surface area contributed by atoms with Crippen molar-refractivity contribution >= 4 is 0 Å². The molecule has 2 fully saturated rings. The highest BCUT2D eigenvalue weighted by Gasteiger charge is 2.23. The summed E-state index contributed by atoms with van der Waals surface area (Å²) in [6.45, 7) is 5.63. The fraction of sp³-hybridized carbons (Fsp3) is 0.786. The van der Waals surface area contributed by atoms with Gasteiger partial charge in [-0.1, -0.05) is 83.1 Å². The van der Waals surface area contributed by atoms with Crippen molar-refractivity contribution in [2.24, 2.45) is 11.8 Å². The lowest BCUT2D eigenvalue weighted by molar-refractivity contribution is 0.0205. The standard InChI is InChI=1S/C28H46O/c1-3-5-6-8-24-14-16-26(17-15-24)27-18-20-28(21-19-27)29-22-7-9-25-12-10-23(4-2)11-13-25/h14-17,23,25,27-28H,3-13,18-22H2,1-2H3/t23-,25-,27-,28-. The number of aryl methyl sites for hydroxylation is 1. The van der Waals surface area contributed by atoms with Crippen molar-refractivity contribution in [1.82, 2.24) is 0 Å². The Kier molecular flexibility index (Phi) is 10.1. The Balaban J connectivity index is 1.27. The van der Waals surface area contributed by atoms with E-state index in [0.717, 1.165) is 24.4 Å². The van der Waals surface area contributed by atoms with Gasteiger partial charge >= 0.3 is 0 Å². The fourth-order valence-electron chi connectivity index (χ4n) is 5.65. The predicted octanol–water partition coefficient (Wildman–Crippen LogP) is 8.46. The van der Waals surface area contributed by atoms with E-state index in [4.69, 9.17) is 4.74 Å². The summed E-state index contributed by atoms with van der Waals surface area (Å²) in [6, 6.07) is 9.56. The van der Waals surface area contributed by atoms with Crippen LogP contribution >= 0.6 is 0 Å². The topological polar surface area (TPSA) is 9.23 Å². The van der Waals surface area contributed by atoms with E-state index in [-0.39, 0.29) is 0 Å². The van der Waals surface area contributed by atoms with Gasteiger partial charge in [-0.2, -0.15) is 0 Å². The molecule has 1 aromatic carbocycles. The molecule has 0 spiro atoms. The van der Waals surface area contributed by atoms with Crippen LogP contribution in [0.3, 0.4) is 0 Å². The third kappa shape index (κ3) is 7.74. The van der Waals surface area contributed by atoms with E-state index in [1.165, 1.54) is 102 Å². The van der Waals surface area contributed by atoms with E-state index >= 15 is 0 Å². The predicted molar refractivity (Wildman–Crippen MR) is 126 cm³/mol. The summed E-state index contributed by atoms with van der Waals surface area (Å²) in [6.07, 6.45) is 20.9. The summed E-state index contributed by atoms with van der Waals surface area (Å²) < 4.78 is 6.27. The van der Waals surface area contributed by atoms with E-state index in [0.29, 0.717) is 6.10 Å². The molecule has 0 aromatic heterocycles. The van der Waals surface area contributed by atoms with Gasteiger partial charge in [0.15, 0.2) is 0 Å². The molecule has 0 aliphatic heterocycles. The summed E-state index contributed by atoms with van der Waals surface area (Å²) in [7, 11) is 0. The van der Waals surface area contributed by atoms with Crippen LogP contribution in [0.15, 0.2) is 24.3 Å². The van der Waals surface area contributed by atoms with Gasteiger partial charge in [0.05, 0.1) is 6.10 Å². The molecule has 164 valence electrons. The van der Waals surface area contributed by atoms with Gasteiger partial charge in [-0.05, 0) is 80.2 Å². The lowest BCUT2D eigenvalue weighted by atomic mass is 9.79. The van der Waals surface area contributed by atoms with Gasteiger partial charge in [0.2, 0.25) is 0 Å². The molecule has 2 aliphatic rings. The highest BCUT2D eigenvalue weighted by molar-refractivity contribution is 5.26. The fourth-order valence-corrected chi connectivity index (χ4v) is 5.65. The monoisotopic (exact) mass is 398 g/mol. The van der Waals surface area contributed by atoms with Gasteiger partial charge in [0.25, 0.3) is 0 Å². The summed E-state index contributed by atoms with van der Waals surface area (Å²) >= 11 is 0. The lowest BCUT2D eigenvalue weighted by Crippen LogP contribution is -2.21. The van der Waals surface area contributed by atoms with Gasteiger partial charge in [-0.15, -0.1) is 0 Å². The Labute approximate surface area is 181 Å². The zero-order valence-corrected chi connectivity index (χ0v) is 19.3. The third-order valence-electron chi connectivity index (χ3n) is 7.85. The van der Waals surface area contributed by atoms with E-state index in [1.807, 2.05) is 0 Å². The minimum absolute atomic E-state index is 0.524. The summed E-state index contributed by atoms with van der Waals surface area (Å²) in [5.41, 5.74) is 3.08. The van der Waals surface area contributed by atoms with Crippen molar-refractivity contribution in [2.45, 2.75) is 122 Å². The van der Waals surface area contributed by atoms with Gasteiger partial charge in [0.1, 0.15) is 0 Å². The van der Waals surface area contributed by atoms with Crippen LogP contribution in [0.1, 0.15) is 121 Å². The molecule has 2 aliphatic carbocycles. The van der Waals surface area contributed by atoms with E-state index in [2.05, 4.69) is 38.1 Å². The van der Waals surface area contributed by atoms with Crippen LogP contribution in [0.2, 0.25) is 0 Å². The highest BCUT2D eigenvalue weighted by atomic mass is 16.5. The molecule has 1 aromatic rings. The maximum atomic E-state index is 6.27. The number of unbranched alkanes of at least 4 members (excludes halogenated alkanes) is 2. The molecule has 29 heavy (non-hydrogen) atoms. The third-order valence-corrected chi connectivity index (χ3v) is 7.85. The highest BCUT2D eigenvalue weighted by Crippen LogP contribution is 2.35. The Morgan fingerprint density at radius 2 is 1.45 bits per heavy atom. The second-order valence-electron chi connectivity index (χ2n) is 9.98. The van der Waals surface area contributed by atoms with Crippen LogP contribution in [0.4, 0.5) is 0 Å². The van der Waals surface area contributed by atoms with E-state index in [1.54, 1.807) is 5.56 Å². The zero-order valence-electron chi connectivity index (χ0n) is 19.3. The van der Waals surface area contributed by atoms with Crippen molar-refractivity contribution < 1.29 is 4.74 Å². The van der Waals surface area contributed by atoms with E-state index < -0.39 is 0 Å². The van der Waals surface area contributed by atoms with Crippen LogP contribution in [0, 0.1) is 11.8 Å². The molecular formula is C28H46O. The molecule has 0 amide bonds. The van der Waals surface area contributed by atoms with Crippen LogP contribution in [-0.2, 0) is 11.2 Å². The Morgan fingerprint density at radius 3 is 2.10 bits per heavy atom. The summed E-state index contributed by atoms with van der Waals surface area (Å²) in [5.74, 6) is 2.77. The van der Waals surface area contributed by atoms with Gasteiger partial charge in [-0.3, -0.25) is 0 Å². The smallest absolute Gasteiger partial charge is 0.0575 e. The van der Waals surface area contributed by atoms with E-state index in [9.17, 15) is 0 Å². The molecule has 0 atom stereocenters. The maximum Gasteiger partial charge on any atom is 0.0575 e. The SMILES string of the molecule is CCCCCc1ccc([C@H]2CC[C@H](OCCC[C@H]3CC[C@H](CC)CC3)CC2)cc1. The quantitative estimate of drug-likeness (QED) is 0.340. The molecule has 3 rings (SSSR count). The number of ether oxygens (including phenoxy) is 1. The van der Waals surface area contributed by atoms with Gasteiger partial charge < -0.3 is 4.74 Å². The largest absolute Gasteiger partial charge is 0.378 e. The molecule has 1 heteroatoms. The Bertz CT molecular complexity index is 532. The molecular weight excluding hydrogens is 352 g/mol. The average Bonchev–Trinajstić information content (AvgIpc) is 2.78.